The van der Waals surface area contributed by atoms with Gasteiger partial charge in [-0.3, -0.25) is 0 Å². The smallest absolute Gasteiger partial charge is 0.267 e. The zero-order valence-corrected chi connectivity index (χ0v) is 8.05. The number of rotatable bonds is 2. The van der Waals surface area contributed by atoms with E-state index in [1.165, 1.54) is 6.07 Å². The highest BCUT2D eigenvalue weighted by Crippen LogP contribution is 2.29. The van der Waals surface area contributed by atoms with Gasteiger partial charge in [-0.2, -0.15) is 0 Å². The van der Waals surface area contributed by atoms with E-state index in [-0.39, 0.29) is 11.4 Å². The summed E-state index contributed by atoms with van der Waals surface area (Å²) in [6.45, 7) is -0.481. The number of pyridine rings is 1. The maximum atomic E-state index is 12.4. The lowest BCUT2D eigenvalue weighted by Gasteiger charge is -2.09. The highest BCUT2D eigenvalue weighted by molar-refractivity contribution is 9.10. The summed E-state index contributed by atoms with van der Waals surface area (Å²) in [4.78, 5) is 3.61. The summed E-state index contributed by atoms with van der Waals surface area (Å²) < 4.78 is 25.1. The molecule has 3 nitrogen and oxygen atoms in total. The number of aliphatic hydroxyl groups excluding tert-OH is 1. The van der Waals surface area contributed by atoms with Crippen LogP contribution in [0.5, 0.6) is 0 Å². The van der Waals surface area contributed by atoms with Gasteiger partial charge in [0, 0.05) is 0 Å². The van der Waals surface area contributed by atoms with Crippen LogP contribution >= 0.6 is 15.9 Å². The normalized spacial score (nSPS) is 10.8. The van der Waals surface area contributed by atoms with E-state index < -0.39 is 18.6 Å². The van der Waals surface area contributed by atoms with Gasteiger partial charge in [-0.15, -0.1) is 0 Å². The van der Waals surface area contributed by atoms with Gasteiger partial charge in [0.2, 0.25) is 0 Å². The van der Waals surface area contributed by atoms with E-state index in [2.05, 4.69) is 20.9 Å². The number of hydrogen-bond acceptors (Lipinski definition) is 3. The Morgan fingerprint density at radius 1 is 1.62 bits per heavy atom. The second-order valence-corrected chi connectivity index (χ2v) is 3.17. The molecule has 1 aromatic rings. The fourth-order valence-electron chi connectivity index (χ4n) is 0.976. The van der Waals surface area contributed by atoms with Crippen molar-refractivity contribution in [2.75, 3.05) is 5.73 Å². The van der Waals surface area contributed by atoms with Gasteiger partial charge in [0.05, 0.1) is 12.2 Å². The predicted molar refractivity (Wildman–Crippen MR) is 47.2 cm³/mol. The highest BCUT2D eigenvalue weighted by atomic mass is 79.9. The lowest BCUT2D eigenvalue weighted by atomic mass is 10.1. The predicted octanol–water partition coefficient (Wildman–Crippen LogP) is 1.86. The number of hydrogen-bond donors (Lipinski definition) is 2. The molecule has 1 rings (SSSR count). The summed E-state index contributed by atoms with van der Waals surface area (Å²) in [5.74, 6) is -0.256. The molecule has 0 saturated heterocycles. The van der Waals surface area contributed by atoms with Crippen LogP contribution in [0.15, 0.2) is 10.7 Å². The Morgan fingerprint density at radius 2 is 2.23 bits per heavy atom. The Bertz CT molecular complexity index is 320. The largest absolute Gasteiger partial charge is 0.392 e. The minimum absolute atomic E-state index is 0.0920. The topological polar surface area (TPSA) is 59.1 Å². The summed E-state index contributed by atoms with van der Waals surface area (Å²) in [5, 5.41) is 8.78. The number of alkyl halides is 2. The Morgan fingerprint density at radius 3 is 2.69 bits per heavy atom. The molecular weight excluding hydrogens is 246 g/mol. The van der Waals surface area contributed by atoms with Crippen molar-refractivity contribution in [1.82, 2.24) is 4.98 Å². The van der Waals surface area contributed by atoms with Gasteiger partial charge in [-0.1, -0.05) is 0 Å². The molecule has 13 heavy (non-hydrogen) atoms. The number of aliphatic hydroxyl groups is 1. The molecule has 0 aliphatic heterocycles. The Labute approximate surface area is 81.7 Å². The quantitative estimate of drug-likeness (QED) is 0.791. The maximum absolute atomic E-state index is 12.4. The first-order valence-corrected chi connectivity index (χ1v) is 4.19. The zero-order chi connectivity index (χ0) is 10.0. The van der Waals surface area contributed by atoms with Crippen LogP contribution in [0.4, 0.5) is 14.6 Å². The average molecular weight is 253 g/mol. The third kappa shape index (κ3) is 2.13. The summed E-state index contributed by atoms with van der Waals surface area (Å²) in [5.41, 5.74) is 4.96. The molecule has 0 fully saturated rings. The molecule has 0 atom stereocenters. The Hall–Kier alpha value is -0.750. The summed E-state index contributed by atoms with van der Waals surface area (Å²) in [6.07, 6.45) is -2.72. The van der Waals surface area contributed by atoms with Crippen LogP contribution in [0.2, 0.25) is 0 Å². The Balaban J connectivity index is 3.30. The number of nitrogen functional groups attached to an aromatic ring is 1. The van der Waals surface area contributed by atoms with E-state index in [1.807, 2.05) is 0 Å². The van der Waals surface area contributed by atoms with E-state index in [4.69, 9.17) is 10.8 Å². The first-order chi connectivity index (χ1) is 6.06. The molecule has 0 aliphatic carbocycles. The monoisotopic (exact) mass is 252 g/mol. The van der Waals surface area contributed by atoms with Crippen molar-refractivity contribution in [2.45, 2.75) is 13.0 Å². The van der Waals surface area contributed by atoms with E-state index in [9.17, 15) is 8.78 Å². The standard InChI is InChI=1S/C7H7BrF2N2O/c8-4-1-3(2-13)5(6(9)10)7(11)12-4/h1,6,13H,2H2,(H2,11,12). The van der Waals surface area contributed by atoms with Gasteiger partial charge in [0.1, 0.15) is 10.4 Å². The average Bonchev–Trinajstić information content (AvgIpc) is 2.01. The first-order valence-electron chi connectivity index (χ1n) is 3.40. The van der Waals surface area contributed by atoms with Crippen molar-refractivity contribution in [3.05, 3.63) is 21.8 Å². The van der Waals surface area contributed by atoms with E-state index in [0.717, 1.165) is 0 Å². The molecule has 0 aliphatic rings. The Kier molecular flexibility index (Phi) is 3.16. The minimum Gasteiger partial charge on any atom is -0.392 e. The van der Waals surface area contributed by atoms with Crippen LogP contribution in [0.1, 0.15) is 17.6 Å². The van der Waals surface area contributed by atoms with Crippen molar-refractivity contribution in [2.24, 2.45) is 0 Å². The molecule has 0 saturated carbocycles. The van der Waals surface area contributed by atoms with Gasteiger partial charge in [-0.05, 0) is 27.6 Å². The second kappa shape index (κ2) is 3.97. The van der Waals surface area contributed by atoms with Gasteiger partial charge in [-0.25, -0.2) is 13.8 Å². The van der Waals surface area contributed by atoms with Crippen LogP contribution in [-0.4, -0.2) is 10.1 Å². The number of nitrogens with two attached hydrogens (primary N) is 1. The van der Waals surface area contributed by atoms with Crippen LogP contribution in [-0.2, 0) is 6.61 Å². The van der Waals surface area contributed by atoms with E-state index >= 15 is 0 Å². The molecule has 0 aromatic carbocycles. The van der Waals surface area contributed by atoms with Crippen molar-refractivity contribution in [3.8, 4) is 0 Å². The van der Waals surface area contributed by atoms with E-state index in [0.29, 0.717) is 4.60 Å². The van der Waals surface area contributed by atoms with Crippen molar-refractivity contribution in [1.29, 1.82) is 0 Å². The van der Waals surface area contributed by atoms with Gasteiger partial charge in [0.25, 0.3) is 6.43 Å². The number of nitrogens with zero attached hydrogens (tertiary/aromatic N) is 1. The molecule has 6 heteroatoms. The van der Waals surface area contributed by atoms with Crippen molar-refractivity contribution in [3.63, 3.8) is 0 Å². The third-order valence-electron chi connectivity index (χ3n) is 1.53. The third-order valence-corrected chi connectivity index (χ3v) is 1.94. The van der Waals surface area contributed by atoms with Gasteiger partial charge >= 0.3 is 0 Å². The molecule has 0 spiro atoms. The van der Waals surface area contributed by atoms with Crippen LogP contribution in [0.3, 0.4) is 0 Å². The number of anilines is 1. The number of halogens is 3. The molecule has 0 radical (unpaired) electrons. The van der Waals surface area contributed by atoms with E-state index in [1.54, 1.807) is 0 Å². The van der Waals surface area contributed by atoms with Crippen LogP contribution in [0, 0.1) is 0 Å². The number of aromatic nitrogens is 1. The molecule has 0 amide bonds. The first kappa shape index (κ1) is 10.3. The molecular formula is C7H7BrF2N2O. The zero-order valence-electron chi connectivity index (χ0n) is 6.47. The summed E-state index contributed by atoms with van der Waals surface area (Å²) in [7, 11) is 0. The van der Waals surface area contributed by atoms with Crippen molar-refractivity contribution >= 4 is 21.7 Å². The lowest BCUT2D eigenvalue weighted by molar-refractivity contribution is 0.147. The molecule has 72 valence electrons. The molecule has 0 bridgehead atoms. The SMILES string of the molecule is Nc1nc(Br)cc(CO)c1C(F)F. The highest BCUT2D eigenvalue weighted by Gasteiger charge is 2.17. The second-order valence-electron chi connectivity index (χ2n) is 2.36. The summed E-state index contributed by atoms with van der Waals surface area (Å²) >= 11 is 2.99. The molecule has 0 unspecified atom stereocenters. The minimum atomic E-state index is -2.72. The molecule has 1 heterocycles. The maximum Gasteiger partial charge on any atom is 0.267 e. The van der Waals surface area contributed by atoms with Crippen molar-refractivity contribution < 1.29 is 13.9 Å². The fraction of sp³-hybridized carbons (Fsp3) is 0.286. The van der Waals surface area contributed by atoms with Crippen LogP contribution < -0.4 is 5.73 Å². The molecule has 1 aromatic heterocycles. The molecule has 3 N–H and O–H groups in total. The van der Waals surface area contributed by atoms with Gasteiger partial charge < -0.3 is 10.8 Å². The van der Waals surface area contributed by atoms with Gasteiger partial charge in [0.15, 0.2) is 0 Å². The summed E-state index contributed by atoms with van der Waals surface area (Å²) in [6, 6.07) is 1.32. The fourth-order valence-corrected chi connectivity index (χ4v) is 1.44. The van der Waals surface area contributed by atoms with Crippen LogP contribution in [0.25, 0.3) is 0 Å². The lowest BCUT2D eigenvalue weighted by Crippen LogP contribution is -2.03.